The highest BCUT2D eigenvalue weighted by Crippen LogP contribution is 2.35. The van der Waals surface area contributed by atoms with Crippen molar-refractivity contribution in [2.24, 2.45) is 5.92 Å². The lowest BCUT2D eigenvalue weighted by atomic mass is 9.83. The molecule has 0 radical (unpaired) electrons. The summed E-state index contributed by atoms with van der Waals surface area (Å²) in [7, 11) is 0. The van der Waals surface area contributed by atoms with E-state index in [0.29, 0.717) is 12.5 Å². The summed E-state index contributed by atoms with van der Waals surface area (Å²) in [6.45, 7) is 0.671. The number of rotatable bonds is 2. The molecule has 128 valence electrons. The molecule has 0 spiro atoms. The van der Waals surface area contributed by atoms with Crippen LogP contribution in [0.1, 0.15) is 50.6 Å². The summed E-state index contributed by atoms with van der Waals surface area (Å²) in [5.41, 5.74) is -0.956. The zero-order chi connectivity index (χ0) is 16.4. The van der Waals surface area contributed by atoms with Gasteiger partial charge in [-0.1, -0.05) is 19.3 Å². The molecule has 2 amide bonds. The minimum absolute atomic E-state index is 0.0108. The molecule has 0 bridgehead atoms. The molecule has 1 unspecified atom stereocenters. The predicted molar refractivity (Wildman–Crippen MR) is 82.4 cm³/mol. The molecule has 2 heterocycles. The smallest absolute Gasteiger partial charge is 0.321 e. The number of carbonyl (C=O) groups is 1. The number of hydrogen-bond acceptors (Lipinski definition) is 3. The molecule has 4 nitrogen and oxygen atoms in total. The number of aromatic nitrogens is 1. The van der Waals surface area contributed by atoms with Crippen LogP contribution in [0.2, 0.25) is 0 Å². The molecule has 0 aromatic carbocycles. The second-order valence-corrected chi connectivity index (χ2v) is 7.12. The molecule has 8 heteroatoms. The van der Waals surface area contributed by atoms with Gasteiger partial charge in [0.1, 0.15) is 0 Å². The van der Waals surface area contributed by atoms with E-state index in [4.69, 9.17) is 0 Å². The largest absolute Gasteiger partial charge is 0.434 e. The molecule has 1 aromatic rings. The highest BCUT2D eigenvalue weighted by molar-refractivity contribution is 7.13. The number of carbonyl (C=O) groups excluding carboxylic acids is 1. The van der Waals surface area contributed by atoms with Crippen LogP contribution in [-0.2, 0) is 6.18 Å². The first kappa shape index (κ1) is 16.5. The van der Waals surface area contributed by atoms with Gasteiger partial charge < -0.3 is 4.90 Å². The van der Waals surface area contributed by atoms with Crippen molar-refractivity contribution in [3.63, 3.8) is 0 Å². The number of anilines is 1. The van der Waals surface area contributed by atoms with Gasteiger partial charge in [-0.05, 0) is 31.6 Å². The third kappa shape index (κ3) is 3.79. The first-order valence-corrected chi connectivity index (χ1v) is 8.93. The van der Waals surface area contributed by atoms with Crippen LogP contribution in [0.5, 0.6) is 0 Å². The topological polar surface area (TPSA) is 45.2 Å². The monoisotopic (exact) mass is 347 g/mol. The Morgan fingerprint density at radius 1 is 1.22 bits per heavy atom. The normalized spacial score (nSPS) is 23.3. The van der Waals surface area contributed by atoms with Crippen molar-refractivity contribution < 1.29 is 18.0 Å². The second-order valence-electron chi connectivity index (χ2n) is 6.27. The Bertz CT molecular complexity index is 554. The van der Waals surface area contributed by atoms with E-state index in [1.165, 1.54) is 19.3 Å². The number of hydrogen-bond donors (Lipinski definition) is 1. The van der Waals surface area contributed by atoms with Crippen LogP contribution in [0.15, 0.2) is 5.38 Å². The summed E-state index contributed by atoms with van der Waals surface area (Å²) in [5.74, 6) is 0.527. The summed E-state index contributed by atoms with van der Waals surface area (Å²) in [4.78, 5) is 17.7. The summed E-state index contributed by atoms with van der Waals surface area (Å²) >= 11 is 0.811. The van der Waals surface area contributed by atoms with Crippen molar-refractivity contribution in [3.05, 3.63) is 11.1 Å². The van der Waals surface area contributed by atoms with Gasteiger partial charge in [0.05, 0.1) is 0 Å². The molecular weight excluding hydrogens is 327 g/mol. The van der Waals surface area contributed by atoms with E-state index in [1.54, 1.807) is 4.90 Å². The number of halogens is 3. The number of alkyl halides is 3. The van der Waals surface area contributed by atoms with Crippen LogP contribution in [0.3, 0.4) is 0 Å². The summed E-state index contributed by atoms with van der Waals surface area (Å²) in [6.07, 6.45) is 3.43. The molecular formula is C15H20F3N3OS. The summed E-state index contributed by atoms with van der Waals surface area (Å²) in [5, 5.41) is 3.48. The van der Waals surface area contributed by atoms with E-state index < -0.39 is 11.9 Å². The number of nitrogens with one attached hydrogen (secondary N) is 1. The van der Waals surface area contributed by atoms with Gasteiger partial charge in [0, 0.05) is 18.0 Å². The first-order chi connectivity index (χ1) is 10.9. The van der Waals surface area contributed by atoms with Crippen LogP contribution in [0.4, 0.5) is 23.1 Å². The molecule has 1 atom stereocenters. The minimum atomic E-state index is -4.47. The van der Waals surface area contributed by atoms with Crippen LogP contribution in [0.25, 0.3) is 0 Å². The second kappa shape index (κ2) is 6.67. The van der Waals surface area contributed by atoms with Crippen molar-refractivity contribution in [1.29, 1.82) is 0 Å². The Labute approximate surface area is 137 Å². The molecule has 1 saturated heterocycles. The van der Waals surface area contributed by atoms with Crippen molar-refractivity contribution in [3.8, 4) is 0 Å². The van der Waals surface area contributed by atoms with Gasteiger partial charge in [0.2, 0.25) is 0 Å². The first-order valence-electron chi connectivity index (χ1n) is 8.05. The summed E-state index contributed by atoms with van der Waals surface area (Å²) < 4.78 is 37.7. The van der Waals surface area contributed by atoms with Crippen LogP contribution in [-0.4, -0.2) is 28.5 Å². The van der Waals surface area contributed by atoms with Gasteiger partial charge >= 0.3 is 12.2 Å². The average Bonchev–Trinajstić information content (AvgIpc) is 3.16. The lowest BCUT2D eigenvalue weighted by Crippen LogP contribution is -2.43. The molecule has 1 N–H and O–H groups in total. The molecule has 23 heavy (non-hydrogen) atoms. The number of thiazole rings is 1. The Hall–Kier alpha value is -1.31. The van der Waals surface area contributed by atoms with Crippen molar-refractivity contribution >= 4 is 22.5 Å². The number of likely N-dealkylation sites (tertiary alicyclic amines) is 1. The molecule has 2 aliphatic rings. The van der Waals surface area contributed by atoms with Crippen molar-refractivity contribution in [2.45, 2.75) is 57.2 Å². The van der Waals surface area contributed by atoms with E-state index in [2.05, 4.69) is 10.3 Å². The van der Waals surface area contributed by atoms with E-state index in [9.17, 15) is 18.0 Å². The summed E-state index contributed by atoms with van der Waals surface area (Å²) in [6, 6.07) is -0.0986. The van der Waals surface area contributed by atoms with Gasteiger partial charge in [0.15, 0.2) is 10.8 Å². The van der Waals surface area contributed by atoms with Crippen LogP contribution >= 0.6 is 11.3 Å². The number of urea groups is 1. The predicted octanol–water partition coefficient (Wildman–Crippen LogP) is 4.74. The number of nitrogens with zero attached hydrogens (tertiary/aromatic N) is 2. The molecule has 2 fully saturated rings. The fraction of sp³-hybridized carbons (Fsp3) is 0.733. The SMILES string of the molecule is O=C(Nc1nc(C(F)(F)F)cs1)N1CCCC1C1CCCCC1. The maximum Gasteiger partial charge on any atom is 0.434 e. The molecule has 1 aromatic heterocycles. The van der Waals surface area contributed by atoms with E-state index in [0.717, 1.165) is 42.4 Å². The van der Waals surface area contributed by atoms with Crippen LogP contribution < -0.4 is 5.32 Å². The van der Waals surface area contributed by atoms with Gasteiger partial charge in [-0.2, -0.15) is 13.2 Å². The van der Waals surface area contributed by atoms with Crippen LogP contribution in [0, 0.1) is 5.92 Å². The van der Waals surface area contributed by atoms with Gasteiger partial charge in [0.25, 0.3) is 0 Å². The van der Waals surface area contributed by atoms with Gasteiger partial charge in [-0.3, -0.25) is 5.32 Å². The Balaban J connectivity index is 1.63. The highest BCUT2D eigenvalue weighted by Gasteiger charge is 2.36. The maximum absolute atomic E-state index is 12.6. The maximum atomic E-state index is 12.6. The lowest BCUT2D eigenvalue weighted by Gasteiger charge is -2.33. The van der Waals surface area contributed by atoms with E-state index >= 15 is 0 Å². The Kier molecular flexibility index (Phi) is 4.79. The molecule has 3 rings (SSSR count). The van der Waals surface area contributed by atoms with E-state index in [1.807, 2.05) is 0 Å². The fourth-order valence-corrected chi connectivity index (χ4v) is 4.39. The average molecular weight is 347 g/mol. The quantitative estimate of drug-likeness (QED) is 0.840. The van der Waals surface area contributed by atoms with E-state index in [-0.39, 0.29) is 17.2 Å². The van der Waals surface area contributed by atoms with Gasteiger partial charge in [-0.25, -0.2) is 9.78 Å². The third-order valence-electron chi connectivity index (χ3n) is 4.76. The lowest BCUT2D eigenvalue weighted by molar-refractivity contribution is -0.140. The Morgan fingerprint density at radius 3 is 2.61 bits per heavy atom. The molecule has 1 saturated carbocycles. The van der Waals surface area contributed by atoms with Crippen molar-refractivity contribution in [2.75, 3.05) is 11.9 Å². The zero-order valence-electron chi connectivity index (χ0n) is 12.7. The molecule has 1 aliphatic heterocycles. The standard InChI is InChI=1S/C15H20F3N3OS/c16-15(17,18)12-9-23-13(19-12)20-14(22)21-8-4-7-11(21)10-5-2-1-3-6-10/h9-11H,1-8H2,(H,19,20,22). The minimum Gasteiger partial charge on any atom is -0.321 e. The number of amides is 2. The zero-order valence-corrected chi connectivity index (χ0v) is 13.6. The van der Waals surface area contributed by atoms with Gasteiger partial charge in [-0.15, -0.1) is 11.3 Å². The molecule has 1 aliphatic carbocycles. The Morgan fingerprint density at radius 2 is 1.96 bits per heavy atom. The fourth-order valence-electron chi connectivity index (χ4n) is 3.68. The van der Waals surface area contributed by atoms with Crippen molar-refractivity contribution in [1.82, 2.24) is 9.88 Å². The third-order valence-corrected chi connectivity index (χ3v) is 5.52. The highest BCUT2D eigenvalue weighted by atomic mass is 32.1.